The molecule has 0 aromatic heterocycles. The summed E-state index contributed by atoms with van der Waals surface area (Å²) in [5.74, 6) is 0.691. The van der Waals surface area contributed by atoms with Crippen LogP contribution in [0.25, 0.3) is 0 Å². The van der Waals surface area contributed by atoms with E-state index in [4.69, 9.17) is 15.2 Å². The first kappa shape index (κ1) is 15.9. The Labute approximate surface area is 130 Å². The Hall–Kier alpha value is -2.53. The summed E-state index contributed by atoms with van der Waals surface area (Å²) in [6.45, 7) is 0.815. The monoisotopic (exact) mass is 300 g/mol. The average molecular weight is 300 g/mol. The average Bonchev–Trinajstić information content (AvgIpc) is 2.54. The number of hydrogen-bond donors (Lipinski definition) is 2. The molecule has 0 saturated heterocycles. The van der Waals surface area contributed by atoms with Crippen LogP contribution in [0.3, 0.4) is 0 Å². The molecule has 0 radical (unpaired) electrons. The minimum absolute atomic E-state index is 0.118. The number of nitrogens with one attached hydrogen (secondary N) is 1. The molecule has 1 amide bonds. The van der Waals surface area contributed by atoms with Gasteiger partial charge in [-0.1, -0.05) is 24.3 Å². The predicted molar refractivity (Wildman–Crippen MR) is 86.8 cm³/mol. The summed E-state index contributed by atoms with van der Waals surface area (Å²) in [5.41, 5.74) is 7.98. The second-order valence-corrected chi connectivity index (χ2v) is 4.79. The number of anilines is 2. The maximum atomic E-state index is 11.8. The zero-order valence-corrected chi connectivity index (χ0v) is 12.5. The van der Waals surface area contributed by atoms with Crippen molar-refractivity contribution in [1.82, 2.24) is 0 Å². The molecule has 2 rings (SSSR count). The van der Waals surface area contributed by atoms with Gasteiger partial charge >= 0.3 is 0 Å². The summed E-state index contributed by atoms with van der Waals surface area (Å²) in [7, 11) is 1.63. The molecule has 22 heavy (non-hydrogen) atoms. The number of carbonyl (C=O) groups is 1. The summed E-state index contributed by atoms with van der Waals surface area (Å²) >= 11 is 0. The number of amides is 1. The molecule has 2 aromatic carbocycles. The first-order valence-electron chi connectivity index (χ1n) is 7.04. The molecular formula is C17H20N2O3. The van der Waals surface area contributed by atoms with Gasteiger partial charge in [-0.2, -0.15) is 0 Å². The summed E-state index contributed by atoms with van der Waals surface area (Å²) in [6.07, 6.45) is 0.282. The highest BCUT2D eigenvalue weighted by atomic mass is 16.5. The van der Waals surface area contributed by atoms with Gasteiger partial charge in [0.2, 0.25) is 5.91 Å². The molecule has 0 unspecified atom stereocenters. The van der Waals surface area contributed by atoms with Crippen LogP contribution >= 0.6 is 0 Å². The van der Waals surface area contributed by atoms with Gasteiger partial charge in [0.15, 0.2) is 0 Å². The highest BCUT2D eigenvalue weighted by Crippen LogP contribution is 2.17. The second-order valence-electron chi connectivity index (χ2n) is 4.79. The number of carbonyl (C=O) groups excluding carboxylic acids is 1. The van der Waals surface area contributed by atoms with E-state index in [-0.39, 0.29) is 12.3 Å². The Morgan fingerprint density at radius 2 is 1.86 bits per heavy atom. The van der Waals surface area contributed by atoms with Gasteiger partial charge in [0, 0.05) is 0 Å². The quantitative estimate of drug-likeness (QED) is 0.609. The lowest BCUT2D eigenvalue weighted by Crippen LogP contribution is -2.15. The van der Waals surface area contributed by atoms with Crippen molar-refractivity contribution in [3.8, 4) is 5.75 Å². The van der Waals surface area contributed by atoms with Gasteiger partial charge < -0.3 is 20.5 Å². The van der Waals surface area contributed by atoms with Crippen LogP contribution in [0.1, 0.15) is 12.0 Å². The maximum Gasteiger partial charge on any atom is 0.226 e. The third-order valence-electron chi connectivity index (χ3n) is 3.14. The predicted octanol–water partition coefficient (Wildman–Crippen LogP) is 2.82. The third-order valence-corrected chi connectivity index (χ3v) is 3.14. The van der Waals surface area contributed by atoms with E-state index < -0.39 is 0 Å². The van der Waals surface area contributed by atoms with Crippen molar-refractivity contribution in [3.63, 3.8) is 0 Å². The molecule has 0 heterocycles. The van der Waals surface area contributed by atoms with Crippen molar-refractivity contribution < 1.29 is 14.3 Å². The Kier molecular flexibility index (Phi) is 5.80. The van der Waals surface area contributed by atoms with Gasteiger partial charge in [-0.15, -0.1) is 0 Å². The number of nitrogens with two attached hydrogens (primary N) is 1. The highest BCUT2D eigenvalue weighted by molar-refractivity contribution is 5.93. The number of methoxy groups -OCH3 is 1. The molecule has 0 spiro atoms. The smallest absolute Gasteiger partial charge is 0.226 e. The van der Waals surface area contributed by atoms with E-state index in [0.717, 1.165) is 11.3 Å². The van der Waals surface area contributed by atoms with Crippen molar-refractivity contribution >= 4 is 17.3 Å². The van der Waals surface area contributed by atoms with Crippen molar-refractivity contribution in [2.75, 3.05) is 24.8 Å². The number of rotatable bonds is 7. The van der Waals surface area contributed by atoms with E-state index in [1.54, 1.807) is 19.2 Å². The number of nitrogen functional groups attached to an aromatic ring is 1. The summed E-state index contributed by atoms with van der Waals surface area (Å²) in [5, 5.41) is 2.76. The molecule has 0 fully saturated rings. The lowest BCUT2D eigenvalue weighted by molar-refractivity contribution is -0.117. The first-order valence-corrected chi connectivity index (χ1v) is 7.04. The van der Waals surface area contributed by atoms with E-state index in [2.05, 4.69) is 5.32 Å². The molecule has 5 nitrogen and oxygen atoms in total. The van der Waals surface area contributed by atoms with Crippen LogP contribution in [0.2, 0.25) is 0 Å². The van der Waals surface area contributed by atoms with Gasteiger partial charge in [-0.3, -0.25) is 4.79 Å². The van der Waals surface area contributed by atoms with Gasteiger partial charge in [0.25, 0.3) is 0 Å². The molecule has 0 aliphatic heterocycles. The molecule has 3 N–H and O–H groups in total. The van der Waals surface area contributed by atoms with Crippen molar-refractivity contribution in [2.24, 2.45) is 0 Å². The molecule has 0 aliphatic carbocycles. The fraction of sp³-hybridized carbons (Fsp3) is 0.235. The van der Waals surface area contributed by atoms with E-state index in [9.17, 15) is 4.79 Å². The van der Waals surface area contributed by atoms with Crippen LogP contribution in [0, 0.1) is 0 Å². The topological polar surface area (TPSA) is 73.6 Å². The van der Waals surface area contributed by atoms with Crippen LogP contribution in [0.4, 0.5) is 11.4 Å². The van der Waals surface area contributed by atoms with Crippen molar-refractivity contribution in [3.05, 3.63) is 54.1 Å². The van der Waals surface area contributed by atoms with Gasteiger partial charge in [0.05, 0.1) is 38.1 Å². The zero-order chi connectivity index (χ0) is 15.8. The zero-order valence-electron chi connectivity index (χ0n) is 12.5. The minimum Gasteiger partial charge on any atom is -0.497 e. The Bertz CT molecular complexity index is 612. The molecule has 0 aliphatic rings. The molecule has 0 bridgehead atoms. The largest absolute Gasteiger partial charge is 0.497 e. The molecule has 116 valence electrons. The van der Waals surface area contributed by atoms with Crippen LogP contribution in [-0.4, -0.2) is 19.6 Å². The van der Waals surface area contributed by atoms with E-state index in [0.29, 0.717) is 24.6 Å². The Morgan fingerprint density at radius 3 is 2.55 bits per heavy atom. The first-order chi connectivity index (χ1) is 10.7. The van der Waals surface area contributed by atoms with Crippen molar-refractivity contribution in [1.29, 1.82) is 0 Å². The highest BCUT2D eigenvalue weighted by Gasteiger charge is 2.04. The molecule has 5 heteroatoms. The Morgan fingerprint density at radius 1 is 1.14 bits per heavy atom. The fourth-order valence-corrected chi connectivity index (χ4v) is 1.90. The summed E-state index contributed by atoms with van der Waals surface area (Å²) < 4.78 is 10.6. The lowest BCUT2D eigenvalue weighted by Gasteiger charge is -2.08. The Balaban J connectivity index is 1.69. The second kappa shape index (κ2) is 8.05. The normalized spacial score (nSPS) is 10.2. The van der Waals surface area contributed by atoms with E-state index in [1.807, 2.05) is 36.4 Å². The number of benzene rings is 2. The fourth-order valence-electron chi connectivity index (χ4n) is 1.90. The SMILES string of the molecule is COc1ccc(COCCC(=O)Nc2ccccc2N)cc1. The summed E-state index contributed by atoms with van der Waals surface area (Å²) in [6, 6.07) is 14.8. The third kappa shape index (κ3) is 4.79. The lowest BCUT2D eigenvalue weighted by atomic mass is 10.2. The molecule has 0 saturated carbocycles. The van der Waals surface area contributed by atoms with Crippen LogP contribution in [0.15, 0.2) is 48.5 Å². The summed E-state index contributed by atoms with van der Waals surface area (Å²) in [4.78, 5) is 11.8. The number of ether oxygens (including phenoxy) is 2. The maximum absolute atomic E-state index is 11.8. The van der Waals surface area contributed by atoms with Crippen LogP contribution in [0.5, 0.6) is 5.75 Å². The van der Waals surface area contributed by atoms with Gasteiger partial charge in [-0.25, -0.2) is 0 Å². The van der Waals surface area contributed by atoms with Crippen molar-refractivity contribution in [2.45, 2.75) is 13.0 Å². The van der Waals surface area contributed by atoms with Gasteiger partial charge in [-0.05, 0) is 29.8 Å². The minimum atomic E-state index is -0.118. The van der Waals surface area contributed by atoms with Crippen LogP contribution in [-0.2, 0) is 16.1 Å². The van der Waals surface area contributed by atoms with Crippen LogP contribution < -0.4 is 15.8 Å². The number of hydrogen-bond acceptors (Lipinski definition) is 4. The van der Waals surface area contributed by atoms with E-state index in [1.165, 1.54) is 0 Å². The molecular weight excluding hydrogens is 280 g/mol. The number of para-hydroxylation sites is 2. The molecule has 0 atom stereocenters. The molecule has 2 aromatic rings. The standard InChI is InChI=1S/C17H20N2O3/c1-21-14-8-6-13(7-9-14)12-22-11-10-17(20)19-16-5-3-2-4-15(16)18/h2-9H,10-12,18H2,1H3,(H,19,20). The van der Waals surface area contributed by atoms with E-state index >= 15 is 0 Å². The van der Waals surface area contributed by atoms with Gasteiger partial charge in [0.1, 0.15) is 5.75 Å².